The van der Waals surface area contributed by atoms with Crippen molar-refractivity contribution in [1.29, 1.82) is 0 Å². The van der Waals surface area contributed by atoms with Gasteiger partial charge in [-0.25, -0.2) is 0 Å². The zero-order valence-corrected chi connectivity index (χ0v) is 17.5. The fourth-order valence-electron chi connectivity index (χ4n) is 3.42. The van der Waals surface area contributed by atoms with Crippen molar-refractivity contribution in [2.45, 2.75) is 39.4 Å². The highest BCUT2D eigenvalue weighted by molar-refractivity contribution is 5.87. The van der Waals surface area contributed by atoms with Gasteiger partial charge in [-0.3, -0.25) is 9.59 Å². The van der Waals surface area contributed by atoms with Crippen LogP contribution in [0.5, 0.6) is 0 Å². The van der Waals surface area contributed by atoms with Crippen molar-refractivity contribution >= 4 is 11.8 Å². The summed E-state index contributed by atoms with van der Waals surface area (Å²) in [7, 11) is 0. The quantitative estimate of drug-likeness (QED) is 0.614. The van der Waals surface area contributed by atoms with Gasteiger partial charge in [0.05, 0.1) is 0 Å². The third-order valence-electron chi connectivity index (χ3n) is 5.14. The van der Waals surface area contributed by atoms with Gasteiger partial charge < -0.3 is 10.2 Å². The standard InChI is InChI=1S/C26H28N2O2/c1-20-13-15-23(16-14-20)18-27-26(30)25(17-22-9-5-3-6-10-22)28(21(2)29)19-24-11-7-4-8-12-24/h3-16,25H,17-19H2,1-2H3,(H,27,30). The molecule has 3 aromatic rings. The number of rotatable bonds is 8. The Morgan fingerprint density at radius 3 is 1.93 bits per heavy atom. The van der Waals surface area contributed by atoms with Crippen molar-refractivity contribution in [3.8, 4) is 0 Å². The highest BCUT2D eigenvalue weighted by atomic mass is 16.2. The predicted octanol–water partition coefficient (Wildman–Crippen LogP) is 4.27. The lowest BCUT2D eigenvalue weighted by Crippen LogP contribution is -2.49. The normalized spacial score (nSPS) is 11.5. The molecular formula is C26H28N2O2. The monoisotopic (exact) mass is 400 g/mol. The van der Waals surface area contributed by atoms with E-state index in [4.69, 9.17) is 0 Å². The topological polar surface area (TPSA) is 49.4 Å². The number of hydrogen-bond acceptors (Lipinski definition) is 2. The zero-order chi connectivity index (χ0) is 21.3. The van der Waals surface area contributed by atoms with E-state index in [9.17, 15) is 9.59 Å². The molecule has 0 aliphatic heterocycles. The van der Waals surface area contributed by atoms with Gasteiger partial charge in [-0.1, -0.05) is 90.5 Å². The number of nitrogens with one attached hydrogen (secondary N) is 1. The van der Waals surface area contributed by atoms with E-state index in [1.165, 1.54) is 12.5 Å². The summed E-state index contributed by atoms with van der Waals surface area (Å²) < 4.78 is 0. The van der Waals surface area contributed by atoms with E-state index in [1.807, 2.05) is 91.9 Å². The molecule has 4 nitrogen and oxygen atoms in total. The number of hydrogen-bond donors (Lipinski definition) is 1. The number of benzene rings is 3. The summed E-state index contributed by atoms with van der Waals surface area (Å²) >= 11 is 0. The van der Waals surface area contributed by atoms with Crippen LogP contribution in [0.3, 0.4) is 0 Å². The Balaban J connectivity index is 1.80. The molecule has 3 aromatic carbocycles. The average molecular weight is 401 g/mol. The van der Waals surface area contributed by atoms with E-state index in [0.717, 1.165) is 16.7 Å². The van der Waals surface area contributed by atoms with E-state index in [1.54, 1.807) is 4.90 Å². The van der Waals surface area contributed by atoms with Crippen LogP contribution < -0.4 is 5.32 Å². The van der Waals surface area contributed by atoms with Crippen molar-refractivity contribution in [2.24, 2.45) is 0 Å². The third kappa shape index (κ3) is 6.05. The zero-order valence-electron chi connectivity index (χ0n) is 17.5. The first-order valence-electron chi connectivity index (χ1n) is 10.2. The molecule has 3 rings (SSSR count). The van der Waals surface area contributed by atoms with Crippen molar-refractivity contribution < 1.29 is 9.59 Å². The second-order valence-corrected chi connectivity index (χ2v) is 7.54. The summed E-state index contributed by atoms with van der Waals surface area (Å²) in [5.74, 6) is -0.268. The van der Waals surface area contributed by atoms with E-state index in [2.05, 4.69) is 5.32 Å². The maximum absolute atomic E-state index is 13.2. The molecule has 30 heavy (non-hydrogen) atoms. The van der Waals surface area contributed by atoms with Gasteiger partial charge in [-0.2, -0.15) is 0 Å². The number of nitrogens with zero attached hydrogens (tertiary/aromatic N) is 1. The highest BCUT2D eigenvalue weighted by Crippen LogP contribution is 2.15. The molecule has 0 bridgehead atoms. The Bertz CT molecular complexity index is 953. The van der Waals surface area contributed by atoms with Crippen LogP contribution in [0, 0.1) is 6.92 Å². The minimum atomic E-state index is -0.587. The minimum absolute atomic E-state index is 0.120. The fraction of sp³-hybridized carbons (Fsp3) is 0.231. The first-order valence-corrected chi connectivity index (χ1v) is 10.2. The highest BCUT2D eigenvalue weighted by Gasteiger charge is 2.28. The van der Waals surface area contributed by atoms with Gasteiger partial charge in [0.15, 0.2) is 0 Å². The summed E-state index contributed by atoms with van der Waals surface area (Å²) in [6.45, 7) is 4.38. The SMILES string of the molecule is CC(=O)N(Cc1ccccc1)C(Cc1ccccc1)C(=O)NCc1ccc(C)cc1. The van der Waals surface area contributed by atoms with E-state index >= 15 is 0 Å². The van der Waals surface area contributed by atoms with Gasteiger partial charge in [0, 0.05) is 26.4 Å². The molecule has 0 aliphatic rings. The Labute approximate surface area is 178 Å². The van der Waals surface area contributed by atoms with Crippen molar-refractivity contribution in [2.75, 3.05) is 0 Å². The number of amides is 2. The maximum Gasteiger partial charge on any atom is 0.243 e. The lowest BCUT2D eigenvalue weighted by atomic mass is 10.0. The molecule has 0 fully saturated rings. The molecule has 0 saturated carbocycles. The molecule has 154 valence electrons. The third-order valence-corrected chi connectivity index (χ3v) is 5.14. The number of carbonyl (C=O) groups is 2. The van der Waals surface area contributed by atoms with Crippen LogP contribution in [-0.2, 0) is 29.1 Å². The molecule has 0 aromatic heterocycles. The van der Waals surface area contributed by atoms with Gasteiger partial charge in [0.25, 0.3) is 0 Å². The van der Waals surface area contributed by atoms with Crippen LogP contribution in [0.25, 0.3) is 0 Å². The molecule has 0 saturated heterocycles. The second-order valence-electron chi connectivity index (χ2n) is 7.54. The lowest BCUT2D eigenvalue weighted by Gasteiger charge is -2.30. The molecule has 0 aliphatic carbocycles. The first-order chi connectivity index (χ1) is 14.5. The number of aryl methyl sites for hydroxylation is 1. The fourth-order valence-corrected chi connectivity index (χ4v) is 3.42. The maximum atomic E-state index is 13.2. The summed E-state index contributed by atoms with van der Waals surface area (Å²) in [6.07, 6.45) is 0.465. The summed E-state index contributed by atoms with van der Waals surface area (Å²) in [4.78, 5) is 27.4. The van der Waals surface area contributed by atoms with E-state index in [0.29, 0.717) is 19.5 Å². The molecule has 1 N–H and O–H groups in total. The minimum Gasteiger partial charge on any atom is -0.350 e. The summed E-state index contributed by atoms with van der Waals surface area (Å²) in [5.41, 5.74) is 4.23. The van der Waals surface area contributed by atoms with Crippen LogP contribution in [0.4, 0.5) is 0 Å². The smallest absolute Gasteiger partial charge is 0.243 e. The average Bonchev–Trinajstić information content (AvgIpc) is 2.77. The van der Waals surface area contributed by atoms with Gasteiger partial charge in [0.1, 0.15) is 6.04 Å². The van der Waals surface area contributed by atoms with Gasteiger partial charge in [-0.05, 0) is 23.6 Å². The van der Waals surface area contributed by atoms with Crippen molar-refractivity contribution in [3.63, 3.8) is 0 Å². The van der Waals surface area contributed by atoms with Crippen LogP contribution in [-0.4, -0.2) is 22.8 Å². The van der Waals surface area contributed by atoms with Crippen LogP contribution in [0.1, 0.15) is 29.2 Å². The van der Waals surface area contributed by atoms with Crippen LogP contribution in [0.15, 0.2) is 84.9 Å². The number of carbonyl (C=O) groups excluding carboxylic acids is 2. The Hall–Kier alpha value is -3.40. The van der Waals surface area contributed by atoms with E-state index < -0.39 is 6.04 Å². The molecule has 1 atom stereocenters. The molecule has 4 heteroatoms. The molecule has 0 radical (unpaired) electrons. The lowest BCUT2D eigenvalue weighted by molar-refractivity contribution is -0.139. The van der Waals surface area contributed by atoms with Crippen LogP contribution in [0.2, 0.25) is 0 Å². The molecule has 0 heterocycles. The molecule has 2 amide bonds. The first kappa shape index (κ1) is 21.3. The molecule has 0 spiro atoms. The van der Waals surface area contributed by atoms with E-state index in [-0.39, 0.29) is 11.8 Å². The predicted molar refractivity (Wildman–Crippen MR) is 120 cm³/mol. The molecular weight excluding hydrogens is 372 g/mol. The van der Waals surface area contributed by atoms with Gasteiger partial charge in [-0.15, -0.1) is 0 Å². The van der Waals surface area contributed by atoms with Gasteiger partial charge in [0.2, 0.25) is 11.8 Å². The Morgan fingerprint density at radius 1 is 0.800 bits per heavy atom. The summed E-state index contributed by atoms with van der Waals surface area (Å²) in [5, 5.41) is 3.03. The molecule has 1 unspecified atom stereocenters. The van der Waals surface area contributed by atoms with Crippen molar-refractivity contribution in [3.05, 3.63) is 107 Å². The summed E-state index contributed by atoms with van der Waals surface area (Å²) in [6, 6.07) is 27.1. The van der Waals surface area contributed by atoms with Crippen molar-refractivity contribution in [1.82, 2.24) is 10.2 Å². The largest absolute Gasteiger partial charge is 0.350 e. The van der Waals surface area contributed by atoms with Crippen LogP contribution >= 0.6 is 0 Å². The second kappa shape index (κ2) is 10.4. The Kier molecular flexibility index (Phi) is 7.39. The van der Waals surface area contributed by atoms with Gasteiger partial charge >= 0.3 is 0 Å². The Morgan fingerprint density at radius 2 is 1.37 bits per heavy atom.